The molecule has 3 N–H and O–H groups in total. The summed E-state index contributed by atoms with van der Waals surface area (Å²) in [4.78, 5) is 12.2. The van der Waals surface area contributed by atoms with E-state index in [9.17, 15) is 15.0 Å². The Labute approximate surface area is 242 Å². The number of nitrogens with one attached hydrogen (secondary N) is 1. The van der Waals surface area contributed by atoms with Crippen molar-refractivity contribution in [2.75, 3.05) is 6.61 Å². The van der Waals surface area contributed by atoms with Crippen LogP contribution in [0, 0.1) is 0 Å². The van der Waals surface area contributed by atoms with Gasteiger partial charge in [0.2, 0.25) is 5.91 Å². The third-order valence-electron chi connectivity index (χ3n) is 7.35. The lowest BCUT2D eigenvalue weighted by Crippen LogP contribution is -2.45. The Bertz CT molecular complexity index is 599. The molecule has 4 nitrogen and oxygen atoms in total. The maximum atomic E-state index is 12.2. The summed E-state index contributed by atoms with van der Waals surface area (Å²) in [6.45, 7) is 4.25. The highest BCUT2D eigenvalue weighted by molar-refractivity contribution is 5.76. The Morgan fingerprint density at radius 3 is 1.49 bits per heavy atom. The molecule has 0 aliphatic heterocycles. The Morgan fingerprint density at radius 2 is 1.00 bits per heavy atom. The van der Waals surface area contributed by atoms with Gasteiger partial charge in [-0.3, -0.25) is 4.79 Å². The van der Waals surface area contributed by atoms with E-state index >= 15 is 0 Å². The molecule has 228 valence electrons. The fourth-order valence-corrected chi connectivity index (χ4v) is 4.71. The van der Waals surface area contributed by atoms with E-state index in [-0.39, 0.29) is 12.5 Å². The van der Waals surface area contributed by atoms with Gasteiger partial charge in [-0.25, -0.2) is 0 Å². The minimum Gasteiger partial charge on any atom is -0.394 e. The molecule has 0 rings (SSSR count). The van der Waals surface area contributed by atoms with Crippen LogP contribution >= 0.6 is 0 Å². The van der Waals surface area contributed by atoms with E-state index in [2.05, 4.69) is 43.5 Å². The summed E-state index contributed by atoms with van der Waals surface area (Å²) in [5.41, 5.74) is 0. The van der Waals surface area contributed by atoms with Crippen LogP contribution in [0.15, 0.2) is 36.5 Å². The summed E-state index contributed by atoms with van der Waals surface area (Å²) in [6.07, 6.45) is 39.3. The van der Waals surface area contributed by atoms with Gasteiger partial charge in [-0.05, 0) is 57.8 Å². The molecule has 4 heteroatoms. The van der Waals surface area contributed by atoms with Crippen molar-refractivity contribution in [2.24, 2.45) is 0 Å². The van der Waals surface area contributed by atoms with Gasteiger partial charge in [-0.2, -0.15) is 0 Å². The fourth-order valence-electron chi connectivity index (χ4n) is 4.71. The lowest BCUT2D eigenvalue weighted by atomic mass is 10.1. The number of hydrogen-bond acceptors (Lipinski definition) is 3. The van der Waals surface area contributed by atoms with Crippen molar-refractivity contribution in [1.29, 1.82) is 0 Å². The number of aliphatic hydroxyl groups is 2. The molecule has 39 heavy (non-hydrogen) atoms. The number of allylic oxidation sites excluding steroid dienone is 5. The second-order valence-corrected chi connectivity index (χ2v) is 11.2. The minimum atomic E-state index is -0.861. The highest BCUT2D eigenvalue weighted by Gasteiger charge is 2.17. The predicted octanol–water partition coefficient (Wildman–Crippen LogP) is 9.51. The Balaban J connectivity index is 3.73. The van der Waals surface area contributed by atoms with E-state index < -0.39 is 12.1 Å². The van der Waals surface area contributed by atoms with Gasteiger partial charge in [0.05, 0.1) is 18.8 Å². The zero-order valence-corrected chi connectivity index (χ0v) is 25.9. The molecule has 0 radical (unpaired) electrons. The van der Waals surface area contributed by atoms with Crippen molar-refractivity contribution in [2.45, 2.75) is 174 Å². The number of amides is 1. The average molecular weight is 548 g/mol. The zero-order chi connectivity index (χ0) is 28.7. The highest BCUT2D eigenvalue weighted by atomic mass is 16.3. The Hall–Kier alpha value is -1.39. The van der Waals surface area contributed by atoms with Crippen LogP contribution < -0.4 is 5.32 Å². The predicted molar refractivity (Wildman–Crippen MR) is 170 cm³/mol. The smallest absolute Gasteiger partial charge is 0.220 e. The second kappa shape index (κ2) is 31.1. The van der Waals surface area contributed by atoms with Crippen molar-refractivity contribution in [3.63, 3.8) is 0 Å². The lowest BCUT2D eigenvalue weighted by Gasteiger charge is -2.19. The first-order chi connectivity index (χ1) is 19.2. The molecule has 0 saturated heterocycles. The molecule has 0 heterocycles. The van der Waals surface area contributed by atoms with Crippen LogP contribution in [0.4, 0.5) is 0 Å². The molecule has 0 bridgehead atoms. The third-order valence-corrected chi connectivity index (χ3v) is 7.35. The van der Waals surface area contributed by atoms with Gasteiger partial charge in [0.25, 0.3) is 0 Å². The summed E-state index contributed by atoms with van der Waals surface area (Å²) in [5.74, 6) is -0.0864. The van der Waals surface area contributed by atoms with Gasteiger partial charge in [-0.1, -0.05) is 134 Å². The zero-order valence-electron chi connectivity index (χ0n) is 25.9. The van der Waals surface area contributed by atoms with E-state index in [4.69, 9.17) is 0 Å². The van der Waals surface area contributed by atoms with Gasteiger partial charge in [-0.15, -0.1) is 0 Å². The molecular weight excluding hydrogens is 482 g/mol. The molecule has 0 aliphatic carbocycles. The number of hydrogen-bond donors (Lipinski definition) is 3. The number of unbranched alkanes of at least 4 members (excludes halogenated alkanes) is 18. The summed E-state index contributed by atoms with van der Waals surface area (Å²) in [5, 5.41) is 22.8. The molecule has 0 saturated carbocycles. The van der Waals surface area contributed by atoms with Crippen molar-refractivity contribution in [3.05, 3.63) is 36.5 Å². The third kappa shape index (κ3) is 28.0. The molecular formula is C35H65NO3. The number of rotatable bonds is 29. The molecule has 0 aromatic carbocycles. The normalized spacial score (nSPS) is 13.6. The first-order valence-electron chi connectivity index (χ1n) is 16.7. The Morgan fingerprint density at radius 1 is 0.590 bits per heavy atom. The molecule has 0 fully saturated rings. The molecule has 0 aromatic heterocycles. The van der Waals surface area contributed by atoms with E-state index in [0.29, 0.717) is 6.42 Å². The van der Waals surface area contributed by atoms with Crippen molar-refractivity contribution in [1.82, 2.24) is 5.32 Å². The summed E-state index contributed by atoms with van der Waals surface area (Å²) >= 11 is 0. The van der Waals surface area contributed by atoms with Crippen LogP contribution in [0.5, 0.6) is 0 Å². The number of carbonyl (C=O) groups is 1. The van der Waals surface area contributed by atoms with Crippen LogP contribution in [0.1, 0.15) is 162 Å². The lowest BCUT2D eigenvalue weighted by molar-refractivity contribution is -0.123. The van der Waals surface area contributed by atoms with E-state index in [0.717, 1.165) is 44.9 Å². The topological polar surface area (TPSA) is 69.6 Å². The van der Waals surface area contributed by atoms with Gasteiger partial charge in [0.1, 0.15) is 0 Å². The fraction of sp³-hybridized carbons (Fsp3) is 0.800. The van der Waals surface area contributed by atoms with Crippen molar-refractivity contribution < 1.29 is 15.0 Å². The van der Waals surface area contributed by atoms with E-state index in [1.165, 1.54) is 96.3 Å². The first kappa shape index (κ1) is 37.6. The average Bonchev–Trinajstić information content (AvgIpc) is 2.94. The molecule has 1 amide bonds. The van der Waals surface area contributed by atoms with Crippen LogP contribution in [0.3, 0.4) is 0 Å². The van der Waals surface area contributed by atoms with E-state index in [1.807, 2.05) is 6.08 Å². The molecule has 0 unspecified atom stereocenters. The monoisotopic (exact) mass is 547 g/mol. The van der Waals surface area contributed by atoms with E-state index in [1.54, 1.807) is 6.08 Å². The van der Waals surface area contributed by atoms with Gasteiger partial charge >= 0.3 is 0 Å². The van der Waals surface area contributed by atoms with Crippen LogP contribution in [-0.4, -0.2) is 34.9 Å². The van der Waals surface area contributed by atoms with Crippen molar-refractivity contribution >= 4 is 5.91 Å². The largest absolute Gasteiger partial charge is 0.394 e. The van der Waals surface area contributed by atoms with Crippen LogP contribution in [-0.2, 0) is 4.79 Å². The summed E-state index contributed by atoms with van der Waals surface area (Å²) in [6, 6.07) is -0.639. The number of carbonyl (C=O) groups excluding carboxylic acids is 1. The standard InChI is InChI=1S/C35H65NO3/c1-3-5-7-9-11-13-15-17-19-21-23-25-27-29-31-35(39)36-33(32-37)34(38)30-28-26-24-22-20-18-16-14-12-10-8-6-4-2/h15,17,20,22,28,30,33-34,37-38H,3-14,16,18-19,21,23-27,29,31-32H2,1-2H3,(H,36,39)/b17-15+,22-20+,30-28+/t33-,34+/m0/s1. The summed E-state index contributed by atoms with van der Waals surface area (Å²) in [7, 11) is 0. The molecule has 0 aliphatic rings. The van der Waals surface area contributed by atoms with Gasteiger partial charge in [0.15, 0.2) is 0 Å². The molecule has 2 atom stereocenters. The molecule has 0 aromatic rings. The van der Waals surface area contributed by atoms with Gasteiger partial charge in [0, 0.05) is 6.42 Å². The van der Waals surface area contributed by atoms with Crippen LogP contribution in [0.25, 0.3) is 0 Å². The first-order valence-corrected chi connectivity index (χ1v) is 16.7. The Kier molecular flexibility index (Phi) is 30.0. The quantitative estimate of drug-likeness (QED) is 0.0645. The SMILES string of the molecule is CCCCCCC/C=C/CCCCCCCC(=O)N[C@@H](CO)[C@H](O)/C=C/CC/C=C/CCCCCCCCC. The van der Waals surface area contributed by atoms with Crippen molar-refractivity contribution in [3.8, 4) is 0 Å². The van der Waals surface area contributed by atoms with Crippen LogP contribution in [0.2, 0.25) is 0 Å². The maximum absolute atomic E-state index is 12.2. The minimum absolute atomic E-state index is 0.0864. The number of aliphatic hydroxyl groups excluding tert-OH is 2. The van der Waals surface area contributed by atoms with Gasteiger partial charge < -0.3 is 15.5 Å². The maximum Gasteiger partial charge on any atom is 0.220 e. The summed E-state index contributed by atoms with van der Waals surface area (Å²) < 4.78 is 0. The second-order valence-electron chi connectivity index (χ2n) is 11.2. The molecule has 0 spiro atoms. The highest BCUT2D eigenvalue weighted by Crippen LogP contribution is 2.11.